The van der Waals surface area contributed by atoms with Crippen molar-refractivity contribution in [2.24, 2.45) is 0 Å². The zero-order valence-electron chi connectivity index (χ0n) is 12.0. The van der Waals surface area contributed by atoms with Gasteiger partial charge in [0.25, 0.3) is 5.91 Å². The Bertz CT molecular complexity index is 529. The largest absolute Gasteiger partial charge is 0.380 e. The minimum Gasteiger partial charge on any atom is -0.380 e. The van der Waals surface area contributed by atoms with Crippen molar-refractivity contribution >= 4 is 23.2 Å². The van der Waals surface area contributed by atoms with Crippen molar-refractivity contribution in [1.82, 2.24) is 5.32 Å². The number of benzene rings is 1. The molecule has 1 heterocycles. The Morgan fingerprint density at radius 3 is 2.86 bits per heavy atom. The fraction of sp³-hybridized carbons (Fsp3) is 0.562. The molecule has 1 aromatic rings. The lowest BCUT2D eigenvalue weighted by Crippen LogP contribution is -2.49. The Hall–Kier alpha value is -1.26. The van der Waals surface area contributed by atoms with E-state index in [1.165, 1.54) is 0 Å². The van der Waals surface area contributed by atoms with Crippen LogP contribution in [0.3, 0.4) is 0 Å². The van der Waals surface area contributed by atoms with Crippen molar-refractivity contribution in [2.45, 2.75) is 43.7 Å². The molecule has 114 valence electrons. The predicted octanol–water partition coefficient (Wildman–Crippen LogP) is 2.34. The molecule has 0 spiro atoms. The summed E-state index contributed by atoms with van der Waals surface area (Å²) in [7, 11) is 0. The van der Waals surface area contributed by atoms with E-state index in [0.717, 1.165) is 43.1 Å². The van der Waals surface area contributed by atoms with Crippen LogP contribution in [0.2, 0.25) is 5.02 Å². The minimum absolute atomic E-state index is 0.0982. The number of anilines is 1. The summed E-state index contributed by atoms with van der Waals surface area (Å²) in [5.74, 6) is -0.196. The Kier molecular flexibility index (Phi) is 4.09. The van der Waals surface area contributed by atoms with Crippen molar-refractivity contribution in [1.29, 1.82) is 0 Å². The van der Waals surface area contributed by atoms with Gasteiger partial charge in [0, 0.05) is 29.8 Å². The monoisotopic (exact) mass is 308 g/mol. The molecule has 3 rings (SSSR count). The van der Waals surface area contributed by atoms with Crippen molar-refractivity contribution in [3.05, 3.63) is 29.3 Å². The second-order valence-electron chi connectivity index (χ2n) is 6.12. The lowest BCUT2D eigenvalue weighted by molar-refractivity contribution is -0.139. The van der Waals surface area contributed by atoms with Crippen molar-refractivity contribution in [3.63, 3.8) is 0 Å². The highest BCUT2D eigenvalue weighted by Crippen LogP contribution is 2.30. The summed E-state index contributed by atoms with van der Waals surface area (Å²) < 4.78 is 0. The van der Waals surface area contributed by atoms with E-state index in [2.05, 4.69) is 10.2 Å². The molecule has 0 bridgehead atoms. The van der Waals surface area contributed by atoms with Gasteiger partial charge in [-0.05, 0) is 50.3 Å². The molecule has 1 aliphatic carbocycles. The first-order valence-corrected chi connectivity index (χ1v) is 7.98. The maximum Gasteiger partial charge on any atom is 0.252 e. The van der Waals surface area contributed by atoms with E-state index in [-0.39, 0.29) is 11.9 Å². The van der Waals surface area contributed by atoms with E-state index in [0.29, 0.717) is 12.8 Å². The number of halogens is 1. The SMILES string of the molecule is O=C(NC1CCN(c2cccc(Cl)c2)C1)C1(O)CCCC1. The number of amides is 1. The van der Waals surface area contributed by atoms with Gasteiger partial charge in [0.05, 0.1) is 0 Å². The van der Waals surface area contributed by atoms with Gasteiger partial charge in [0.15, 0.2) is 0 Å². The Morgan fingerprint density at radius 2 is 2.14 bits per heavy atom. The third-order valence-electron chi connectivity index (χ3n) is 4.55. The molecule has 1 unspecified atom stereocenters. The summed E-state index contributed by atoms with van der Waals surface area (Å²) >= 11 is 6.02. The van der Waals surface area contributed by atoms with E-state index in [1.54, 1.807) is 0 Å². The number of carbonyl (C=O) groups is 1. The van der Waals surface area contributed by atoms with Crippen LogP contribution in [0.5, 0.6) is 0 Å². The number of rotatable bonds is 3. The van der Waals surface area contributed by atoms with E-state index in [1.807, 2.05) is 24.3 Å². The predicted molar refractivity (Wildman–Crippen MR) is 83.6 cm³/mol. The van der Waals surface area contributed by atoms with Gasteiger partial charge in [-0.2, -0.15) is 0 Å². The standard InChI is InChI=1S/C16H21ClN2O2/c17-12-4-3-5-14(10-12)19-9-6-13(11-19)18-15(20)16(21)7-1-2-8-16/h3-5,10,13,21H,1-2,6-9,11H2,(H,18,20). The van der Waals surface area contributed by atoms with Crippen LogP contribution in [-0.4, -0.2) is 35.7 Å². The summed E-state index contributed by atoms with van der Waals surface area (Å²) in [5, 5.41) is 14.0. The van der Waals surface area contributed by atoms with E-state index < -0.39 is 5.60 Å². The van der Waals surface area contributed by atoms with Crippen LogP contribution in [0.4, 0.5) is 5.69 Å². The third kappa shape index (κ3) is 3.16. The maximum atomic E-state index is 12.2. The number of carbonyl (C=O) groups excluding carboxylic acids is 1. The van der Waals surface area contributed by atoms with E-state index in [9.17, 15) is 9.90 Å². The van der Waals surface area contributed by atoms with Gasteiger partial charge in [-0.1, -0.05) is 17.7 Å². The second kappa shape index (κ2) is 5.85. The van der Waals surface area contributed by atoms with Gasteiger partial charge in [0.1, 0.15) is 5.60 Å². The molecule has 1 aromatic carbocycles. The average molecular weight is 309 g/mol. The van der Waals surface area contributed by atoms with Crippen molar-refractivity contribution in [2.75, 3.05) is 18.0 Å². The molecule has 1 aliphatic heterocycles. The molecular weight excluding hydrogens is 288 g/mol. The molecule has 4 nitrogen and oxygen atoms in total. The topological polar surface area (TPSA) is 52.6 Å². The van der Waals surface area contributed by atoms with Crippen LogP contribution >= 0.6 is 11.6 Å². The number of nitrogens with zero attached hydrogens (tertiary/aromatic N) is 1. The van der Waals surface area contributed by atoms with Gasteiger partial charge in [-0.25, -0.2) is 0 Å². The highest BCUT2D eigenvalue weighted by atomic mass is 35.5. The molecular formula is C16H21ClN2O2. The van der Waals surface area contributed by atoms with Gasteiger partial charge >= 0.3 is 0 Å². The first-order valence-electron chi connectivity index (χ1n) is 7.61. The number of aliphatic hydroxyl groups is 1. The van der Waals surface area contributed by atoms with Crippen molar-refractivity contribution in [3.8, 4) is 0 Å². The minimum atomic E-state index is -1.14. The average Bonchev–Trinajstić information content (AvgIpc) is 3.09. The molecule has 0 aromatic heterocycles. The Labute approximate surface area is 130 Å². The molecule has 1 atom stereocenters. The fourth-order valence-electron chi connectivity index (χ4n) is 3.29. The molecule has 5 heteroatoms. The second-order valence-corrected chi connectivity index (χ2v) is 6.56. The normalized spacial score (nSPS) is 24.3. The van der Waals surface area contributed by atoms with Crippen molar-refractivity contribution < 1.29 is 9.90 Å². The number of hydrogen-bond donors (Lipinski definition) is 2. The molecule has 1 amide bonds. The highest BCUT2D eigenvalue weighted by Gasteiger charge is 2.40. The van der Waals surface area contributed by atoms with Gasteiger partial charge < -0.3 is 15.3 Å². The molecule has 0 radical (unpaired) electrons. The molecule has 2 aliphatic rings. The Morgan fingerprint density at radius 1 is 1.38 bits per heavy atom. The quantitative estimate of drug-likeness (QED) is 0.901. The van der Waals surface area contributed by atoms with Crippen LogP contribution in [0.15, 0.2) is 24.3 Å². The van der Waals surface area contributed by atoms with Crippen LogP contribution < -0.4 is 10.2 Å². The third-order valence-corrected chi connectivity index (χ3v) is 4.79. The molecule has 2 N–H and O–H groups in total. The van der Waals surface area contributed by atoms with Gasteiger partial charge in [0.2, 0.25) is 0 Å². The first kappa shape index (κ1) is 14.7. The van der Waals surface area contributed by atoms with Gasteiger partial charge in [-0.15, -0.1) is 0 Å². The summed E-state index contributed by atoms with van der Waals surface area (Å²) in [6.45, 7) is 1.66. The van der Waals surface area contributed by atoms with E-state index in [4.69, 9.17) is 11.6 Å². The molecule has 1 saturated heterocycles. The highest BCUT2D eigenvalue weighted by molar-refractivity contribution is 6.30. The zero-order valence-corrected chi connectivity index (χ0v) is 12.8. The molecule has 1 saturated carbocycles. The van der Waals surface area contributed by atoms with E-state index >= 15 is 0 Å². The summed E-state index contributed by atoms with van der Waals surface area (Å²) in [6.07, 6.45) is 3.94. The summed E-state index contributed by atoms with van der Waals surface area (Å²) in [6, 6.07) is 7.86. The molecule has 21 heavy (non-hydrogen) atoms. The fourth-order valence-corrected chi connectivity index (χ4v) is 3.48. The van der Waals surface area contributed by atoms with Crippen LogP contribution in [0, 0.1) is 0 Å². The lowest BCUT2D eigenvalue weighted by atomic mass is 10.0. The first-order chi connectivity index (χ1) is 10.1. The van der Waals surface area contributed by atoms with Gasteiger partial charge in [-0.3, -0.25) is 4.79 Å². The smallest absolute Gasteiger partial charge is 0.252 e. The maximum absolute atomic E-state index is 12.2. The summed E-state index contributed by atoms with van der Waals surface area (Å²) in [5.41, 5.74) is -0.0532. The van der Waals surface area contributed by atoms with Crippen LogP contribution in [0.25, 0.3) is 0 Å². The summed E-state index contributed by atoms with van der Waals surface area (Å²) in [4.78, 5) is 14.4. The molecule has 2 fully saturated rings. The number of hydrogen-bond acceptors (Lipinski definition) is 3. The van der Waals surface area contributed by atoms with Crippen LogP contribution in [0.1, 0.15) is 32.1 Å². The lowest BCUT2D eigenvalue weighted by Gasteiger charge is -2.24. The Balaban J connectivity index is 1.58. The zero-order chi connectivity index (χ0) is 14.9. The van der Waals surface area contributed by atoms with Crippen LogP contribution in [-0.2, 0) is 4.79 Å². The number of nitrogens with one attached hydrogen (secondary N) is 1.